The molecule has 6 atom stereocenters. The molecule has 1 heterocycles. The van der Waals surface area contributed by atoms with Crippen molar-refractivity contribution in [1.82, 2.24) is 0 Å². The number of esters is 1. The first-order chi connectivity index (χ1) is 31.6. The van der Waals surface area contributed by atoms with E-state index in [2.05, 4.69) is 66.6 Å². The molecule has 0 bridgehead atoms. The van der Waals surface area contributed by atoms with E-state index in [4.69, 9.17) is 18.9 Å². The van der Waals surface area contributed by atoms with Gasteiger partial charge in [-0.3, -0.25) is 9.35 Å². The molecule has 0 aromatic rings. The normalized spacial score (nSPS) is 20.0. The fourth-order valence-corrected chi connectivity index (χ4v) is 8.36. The highest BCUT2D eigenvalue weighted by molar-refractivity contribution is 7.80. The predicted molar refractivity (Wildman–Crippen MR) is 262 cm³/mol. The zero-order chi connectivity index (χ0) is 47.5. The van der Waals surface area contributed by atoms with Crippen LogP contribution in [-0.2, 0) is 38.3 Å². The van der Waals surface area contributed by atoms with Crippen LogP contribution >= 0.6 is 0 Å². The Morgan fingerprint density at radius 1 is 0.600 bits per heavy atom. The van der Waals surface area contributed by atoms with E-state index in [0.29, 0.717) is 13.0 Å². The van der Waals surface area contributed by atoms with Crippen molar-refractivity contribution in [2.45, 2.75) is 250 Å². The largest absolute Gasteiger partial charge is 0.457 e. The Hall–Kier alpha value is -1.94. The molecule has 380 valence electrons. The summed E-state index contributed by atoms with van der Waals surface area (Å²) in [5.74, 6) is -0.415. The standard InChI is InChI=1S/C52H94O12S/c1-3-5-7-9-11-13-15-17-19-20-21-22-23-24-25-26-27-28-29-31-33-35-37-39-41-48(54)62-46(44-60-42-40-38-36-34-32-30-18-16-14-12-10-8-6-4-2)45-61-52-50(56)51(64-65(57,58)59)49(55)47(43-53)63-52/h6,8,12,14,18,30,34,36,46-47,49-53,55-56H,3-5,7,9-11,13,15-17,19-29,31-33,35,37-45H2,1-2H3,(H,57,58,59)/b8-6-,14-12-,30-18-,36-34-. The number of unbranched alkanes of at least 4 members (excludes halogenated alkanes) is 24. The van der Waals surface area contributed by atoms with Crippen LogP contribution in [0.25, 0.3) is 0 Å². The van der Waals surface area contributed by atoms with Gasteiger partial charge < -0.3 is 34.3 Å². The second-order valence-electron chi connectivity index (χ2n) is 17.7. The van der Waals surface area contributed by atoms with Gasteiger partial charge in [-0.2, -0.15) is 8.42 Å². The number of carbonyl (C=O) groups excluding carboxylic acids is 1. The highest BCUT2D eigenvalue weighted by Gasteiger charge is 2.48. The molecule has 0 aromatic carbocycles. The zero-order valence-corrected chi connectivity index (χ0v) is 41.6. The average molecular weight is 943 g/mol. The highest BCUT2D eigenvalue weighted by atomic mass is 32.3. The van der Waals surface area contributed by atoms with Crippen molar-refractivity contribution in [3.8, 4) is 0 Å². The van der Waals surface area contributed by atoms with Crippen molar-refractivity contribution in [3.63, 3.8) is 0 Å². The van der Waals surface area contributed by atoms with Gasteiger partial charge in [0.1, 0.15) is 30.5 Å². The van der Waals surface area contributed by atoms with Crippen LogP contribution in [0.1, 0.15) is 213 Å². The first-order valence-electron chi connectivity index (χ1n) is 25.9. The smallest absolute Gasteiger partial charge is 0.397 e. The predicted octanol–water partition coefficient (Wildman–Crippen LogP) is 11.9. The summed E-state index contributed by atoms with van der Waals surface area (Å²) in [6.45, 7) is 3.76. The molecule has 1 fully saturated rings. The molecule has 0 amide bonds. The lowest BCUT2D eigenvalue weighted by atomic mass is 9.99. The van der Waals surface area contributed by atoms with Gasteiger partial charge in [0.05, 0.1) is 19.8 Å². The Kier molecular flexibility index (Phi) is 40.7. The van der Waals surface area contributed by atoms with Crippen LogP contribution in [0.2, 0.25) is 0 Å². The maximum atomic E-state index is 12.9. The first kappa shape index (κ1) is 61.1. The molecule has 13 heteroatoms. The van der Waals surface area contributed by atoms with Crippen molar-refractivity contribution < 1.29 is 56.2 Å². The molecule has 0 aromatic heterocycles. The number of aliphatic hydroxyl groups is 3. The van der Waals surface area contributed by atoms with Gasteiger partial charge in [-0.1, -0.05) is 210 Å². The van der Waals surface area contributed by atoms with Crippen LogP contribution in [0.4, 0.5) is 0 Å². The summed E-state index contributed by atoms with van der Waals surface area (Å²) >= 11 is 0. The van der Waals surface area contributed by atoms with E-state index in [0.717, 1.165) is 57.8 Å². The fourth-order valence-electron chi connectivity index (χ4n) is 7.86. The van der Waals surface area contributed by atoms with Crippen LogP contribution in [-0.4, -0.2) is 97.5 Å². The van der Waals surface area contributed by atoms with Crippen LogP contribution in [0.5, 0.6) is 0 Å². The van der Waals surface area contributed by atoms with Crippen molar-refractivity contribution in [2.75, 3.05) is 26.4 Å². The number of hydrogen-bond donors (Lipinski definition) is 4. The van der Waals surface area contributed by atoms with E-state index in [9.17, 15) is 33.1 Å². The second kappa shape index (κ2) is 43.3. The SMILES string of the molecule is CC/C=C\C/C=C\C/C=C\C/C=C\CCCOCC(COC1OC(CO)C(O)C(OS(=O)(=O)O)C1O)OC(=O)CCCCCCCCCCCCCCCCCCCCCCCCCC. The summed E-state index contributed by atoms with van der Waals surface area (Å²) in [7, 11) is -5.07. The average Bonchev–Trinajstić information content (AvgIpc) is 3.28. The molecule has 6 unspecified atom stereocenters. The Balaban J connectivity index is 2.33. The molecule has 4 N–H and O–H groups in total. The molecule has 65 heavy (non-hydrogen) atoms. The highest BCUT2D eigenvalue weighted by Crippen LogP contribution is 2.26. The minimum Gasteiger partial charge on any atom is -0.457 e. The minimum atomic E-state index is -5.07. The summed E-state index contributed by atoms with van der Waals surface area (Å²) in [5.41, 5.74) is 0. The third-order valence-electron chi connectivity index (χ3n) is 11.7. The number of carbonyl (C=O) groups is 1. The molecule has 0 aliphatic carbocycles. The molecule has 1 aliphatic heterocycles. The molecular formula is C52H94O12S. The van der Waals surface area contributed by atoms with Gasteiger partial charge in [-0.25, -0.2) is 4.18 Å². The number of aliphatic hydroxyl groups excluding tert-OH is 3. The van der Waals surface area contributed by atoms with Crippen molar-refractivity contribution in [3.05, 3.63) is 48.6 Å². The Morgan fingerprint density at radius 2 is 1.05 bits per heavy atom. The zero-order valence-electron chi connectivity index (χ0n) is 40.8. The van der Waals surface area contributed by atoms with Crippen LogP contribution in [0.3, 0.4) is 0 Å². The Bertz CT molecular complexity index is 1320. The van der Waals surface area contributed by atoms with Crippen LogP contribution in [0, 0.1) is 0 Å². The summed E-state index contributed by atoms with van der Waals surface area (Å²) < 4.78 is 59.1. The summed E-state index contributed by atoms with van der Waals surface area (Å²) in [4.78, 5) is 12.9. The van der Waals surface area contributed by atoms with Crippen LogP contribution < -0.4 is 0 Å². The Morgan fingerprint density at radius 3 is 1.49 bits per heavy atom. The Labute approximate surface area is 396 Å². The third-order valence-corrected chi connectivity index (χ3v) is 12.2. The summed E-state index contributed by atoms with van der Waals surface area (Å²) in [6.07, 6.45) is 44.6. The van der Waals surface area contributed by atoms with Crippen molar-refractivity contribution in [2.24, 2.45) is 0 Å². The van der Waals surface area contributed by atoms with E-state index in [1.54, 1.807) is 0 Å². The first-order valence-corrected chi connectivity index (χ1v) is 27.3. The summed E-state index contributed by atoms with van der Waals surface area (Å²) in [6, 6.07) is 0. The molecule has 0 spiro atoms. The quantitative estimate of drug-likeness (QED) is 0.0197. The topological polar surface area (TPSA) is 178 Å². The molecule has 1 saturated heterocycles. The maximum Gasteiger partial charge on any atom is 0.397 e. The molecule has 0 saturated carbocycles. The van der Waals surface area contributed by atoms with Gasteiger partial charge in [0.2, 0.25) is 0 Å². The van der Waals surface area contributed by atoms with Crippen molar-refractivity contribution in [1.29, 1.82) is 0 Å². The lowest BCUT2D eigenvalue weighted by Crippen LogP contribution is -2.60. The maximum absolute atomic E-state index is 12.9. The number of ether oxygens (including phenoxy) is 4. The summed E-state index contributed by atoms with van der Waals surface area (Å²) in [5, 5.41) is 30.7. The van der Waals surface area contributed by atoms with E-state index in [1.807, 2.05) is 0 Å². The van der Waals surface area contributed by atoms with Gasteiger partial charge in [0.25, 0.3) is 0 Å². The van der Waals surface area contributed by atoms with Crippen molar-refractivity contribution >= 4 is 16.4 Å². The molecule has 1 rings (SSSR count). The molecule has 1 aliphatic rings. The van der Waals surface area contributed by atoms with E-state index in [1.165, 1.54) is 128 Å². The van der Waals surface area contributed by atoms with Gasteiger partial charge in [-0.15, -0.1) is 0 Å². The number of allylic oxidation sites excluding steroid dienone is 8. The van der Waals surface area contributed by atoms with Gasteiger partial charge in [-0.05, 0) is 44.9 Å². The lowest BCUT2D eigenvalue weighted by Gasteiger charge is -2.41. The molecular weight excluding hydrogens is 849 g/mol. The number of rotatable bonds is 45. The lowest BCUT2D eigenvalue weighted by molar-refractivity contribution is -0.301. The monoisotopic (exact) mass is 943 g/mol. The van der Waals surface area contributed by atoms with Gasteiger partial charge in [0, 0.05) is 13.0 Å². The number of hydrogen-bond acceptors (Lipinski definition) is 11. The minimum absolute atomic E-state index is 0.000792. The van der Waals surface area contributed by atoms with E-state index < -0.39 is 59.8 Å². The van der Waals surface area contributed by atoms with Crippen LogP contribution in [0.15, 0.2) is 48.6 Å². The van der Waals surface area contributed by atoms with Gasteiger partial charge >= 0.3 is 16.4 Å². The fraction of sp³-hybridized carbons (Fsp3) is 0.827. The van der Waals surface area contributed by atoms with Gasteiger partial charge in [0.15, 0.2) is 6.29 Å². The van der Waals surface area contributed by atoms with E-state index in [-0.39, 0.29) is 19.6 Å². The van der Waals surface area contributed by atoms with E-state index >= 15 is 0 Å². The third kappa shape index (κ3) is 36.7. The molecule has 0 radical (unpaired) electrons. The second-order valence-corrected chi connectivity index (χ2v) is 18.8. The molecule has 12 nitrogen and oxygen atoms in total.